The van der Waals surface area contributed by atoms with E-state index in [0.717, 1.165) is 23.5 Å². The van der Waals surface area contributed by atoms with E-state index in [1.807, 2.05) is 54.6 Å². The number of nitrogens with one attached hydrogen (secondary N) is 1. The second-order valence-electron chi connectivity index (χ2n) is 6.14. The quantitative estimate of drug-likeness (QED) is 0.743. The average molecular weight is 345 g/mol. The van der Waals surface area contributed by atoms with Crippen LogP contribution in [0.3, 0.4) is 0 Å². The number of hydrogen-bond acceptors (Lipinski definition) is 3. The minimum Gasteiger partial charge on any atom is -0.493 e. The van der Waals surface area contributed by atoms with Crippen LogP contribution in [0.5, 0.6) is 17.2 Å². The Morgan fingerprint density at radius 3 is 2.38 bits per heavy atom. The van der Waals surface area contributed by atoms with Gasteiger partial charge in [0.05, 0.1) is 12.6 Å². The average Bonchev–Trinajstić information content (AvgIpc) is 2.70. The molecule has 0 aliphatic carbocycles. The third kappa shape index (κ3) is 3.54. The molecule has 4 nitrogen and oxygen atoms in total. The number of ether oxygens (including phenoxy) is 2. The van der Waals surface area contributed by atoms with Crippen molar-refractivity contribution in [3.05, 3.63) is 90.0 Å². The number of fused-ring (bicyclic) bond motifs is 1. The first-order valence-electron chi connectivity index (χ1n) is 8.65. The van der Waals surface area contributed by atoms with Crippen LogP contribution in [0.1, 0.15) is 28.4 Å². The first-order chi connectivity index (χ1) is 12.8. The smallest absolute Gasteiger partial charge is 0.251 e. The van der Waals surface area contributed by atoms with Gasteiger partial charge in [-0.25, -0.2) is 0 Å². The largest absolute Gasteiger partial charge is 0.493 e. The molecule has 26 heavy (non-hydrogen) atoms. The van der Waals surface area contributed by atoms with E-state index in [2.05, 4.69) is 5.32 Å². The minimum atomic E-state index is -0.0991. The Kier molecular flexibility index (Phi) is 4.56. The first-order valence-corrected chi connectivity index (χ1v) is 8.65. The summed E-state index contributed by atoms with van der Waals surface area (Å²) in [5, 5.41) is 3.10. The van der Waals surface area contributed by atoms with E-state index in [0.29, 0.717) is 17.9 Å². The number of hydrogen-bond donors (Lipinski definition) is 1. The van der Waals surface area contributed by atoms with Gasteiger partial charge in [0.2, 0.25) is 0 Å². The Hall–Kier alpha value is -3.27. The molecule has 1 amide bonds. The van der Waals surface area contributed by atoms with Gasteiger partial charge >= 0.3 is 0 Å². The predicted octanol–water partition coefficient (Wildman–Crippen LogP) is 4.73. The van der Waals surface area contributed by atoms with Crippen molar-refractivity contribution in [3.63, 3.8) is 0 Å². The summed E-state index contributed by atoms with van der Waals surface area (Å²) in [7, 11) is 0. The van der Waals surface area contributed by atoms with Crippen LogP contribution >= 0.6 is 0 Å². The lowest BCUT2D eigenvalue weighted by atomic mass is 10.00. The molecule has 0 aromatic heterocycles. The Labute approximate surface area is 152 Å². The lowest BCUT2D eigenvalue weighted by Crippen LogP contribution is -2.32. The summed E-state index contributed by atoms with van der Waals surface area (Å²) < 4.78 is 11.4. The van der Waals surface area contributed by atoms with E-state index in [9.17, 15) is 4.79 Å². The molecule has 0 unspecified atom stereocenters. The third-order valence-corrected chi connectivity index (χ3v) is 4.36. The molecule has 3 aromatic carbocycles. The fourth-order valence-electron chi connectivity index (χ4n) is 3.03. The van der Waals surface area contributed by atoms with Crippen molar-refractivity contribution >= 4 is 5.91 Å². The molecule has 0 saturated heterocycles. The number of para-hydroxylation sites is 2. The Balaban J connectivity index is 1.44. The maximum absolute atomic E-state index is 12.6. The summed E-state index contributed by atoms with van der Waals surface area (Å²) in [6.07, 6.45) is 0.762. The predicted molar refractivity (Wildman–Crippen MR) is 99.7 cm³/mol. The van der Waals surface area contributed by atoms with Gasteiger partial charge in [-0.3, -0.25) is 4.79 Å². The molecule has 1 N–H and O–H groups in total. The van der Waals surface area contributed by atoms with Gasteiger partial charge in [-0.1, -0.05) is 36.4 Å². The van der Waals surface area contributed by atoms with Gasteiger partial charge in [-0.2, -0.15) is 0 Å². The molecule has 0 saturated carbocycles. The Morgan fingerprint density at radius 2 is 1.58 bits per heavy atom. The molecule has 0 spiro atoms. The molecule has 4 rings (SSSR count). The van der Waals surface area contributed by atoms with Crippen molar-refractivity contribution in [2.24, 2.45) is 0 Å². The van der Waals surface area contributed by atoms with Gasteiger partial charge in [-0.15, -0.1) is 0 Å². The lowest BCUT2D eigenvalue weighted by molar-refractivity contribution is 0.0925. The lowest BCUT2D eigenvalue weighted by Gasteiger charge is -2.26. The summed E-state index contributed by atoms with van der Waals surface area (Å²) in [6.45, 7) is 0.603. The van der Waals surface area contributed by atoms with Crippen molar-refractivity contribution < 1.29 is 14.3 Å². The van der Waals surface area contributed by atoms with Gasteiger partial charge in [0, 0.05) is 17.5 Å². The van der Waals surface area contributed by atoms with E-state index >= 15 is 0 Å². The number of rotatable bonds is 4. The third-order valence-electron chi connectivity index (χ3n) is 4.36. The van der Waals surface area contributed by atoms with Crippen molar-refractivity contribution in [3.8, 4) is 17.2 Å². The Bertz CT molecular complexity index is 891. The number of amides is 1. The highest BCUT2D eigenvalue weighted by Crippen LogP contribution is 2.31. The molecular formula is C22H19NO3. The van der Waals surface area contributed by atoms with E-state index < -0.39 is 0 Å². The van der Waals surface area contributed by atoms with Gasteiger partial charge in [0.1, 0.15) is 17.2 Å². The molecule has 0 fully saturated rings. The highest BCUT2D eigenvalue weighted by molar-refractivity contribution is 5.94. The molecule has 130 valence electrons. The topological polar surface area (TPSA) is 47.6 Å². The molecular weight excluding hydrogens is 326 g/mol. The maximum atomic E-state index is 12.6. The summed E-state index contributed by atoms with van der Waals surface area (Å²) in [5.74, 6) is 2.21. The fourth-order valence-corrected chi connectivity index (χ4v) is 3.03. The van der Waals surface area contributed by atoms with Crippen molar-refractivity contribution in [2.45, 2.75) is 12.5 Å². The van der Waals surface area contributed by atoms with Crippen molar-refractivity contribution in [1.82, 2.24) is 5.32 Å². The van der Waals surface area contributed by atoms with E-state index in [-0.39, 0.29) is 11.9 Å². The summed E-state index contributed by atoms with van der Waals surface area (Å²) in [4.78, 5) is 12.6. The zero-order valence-corrected chi connectivity index (χ0v) is 14.2. The highest BCUT2D eigenvalue weighted by Gasteiger charge is 2.23. The van der Waals surface area contributed by atoms with Gasteiger partial charge < -0.3 is 14.8 Å². The summed E-state index contributed by atoms with van der Waals surface area (Å²) in [5.41, 5.74) is 1.63. The zero-order valence-electron chi connectivity index (χ0n) is 14.2. The molecule has 1 aliphatic heterocycles. The Morgan fingerprint density at radius 1 is 0.885 bits per heavy atom. The minimum absolute atomic E-state index is 0.0345. The van der Waals surface area contributed by atoms with Crippen LogP contribution in [-0.2, 0) is 0 Å². The monoisotopic (exact) mass is 345 g/mol. The maximum Gasteiger partial charge on any atom is 0.251 e. The summed E-state index contributed by atoms with van der Waals surface area (Å²) in [6, 6.07) is 24.5. The van der Waals surface area contributed by atoms with E-state index in [4.69, 9.17) is 9.47 Å². The van der Waals surface area contributed by atoms with Crippen LogP contribution in [0.15, 0.2) is 78.9 Å². The molecule has 0 radical (unpaired) electrons. The van der Waals surface area contributed by atoms with Crippen LogP contribution in [0.2, 0.25) is 0 Å². The van der Waals surface area contributed by atoms with Crippen LogP contribution in [0.25, 0.3) is 0 Å². The number of carbonyl (C=O) groups excluding carboxylic acids is 1. The molecule has 1 heterocycles. The molecule has 1 aliphatic rings. The summed E-state index contributed by atoms with van der Waals surface area (Å²) >= 11 is 0. The second kappa shape index (κ2) is 7.31. The number of benzene rings is 3. The van der Waals surface area contributed by atoms with Crippen LogP contribution in [0, 0.1) is 0 Å². The van der Waals surface area contributed by atoms with Crippen LogP contribution in [0.4, 0.5) is 0 Å². The molecule has 3 aromatic rings. The van der Waals surface area contributed by atoms with Gasteiger partial charge in [-0.05, 0) is 42.5 Å². The van der Waals surface area contributed by atoms with E-state index in [1.54, 1.807) is 24.3 Å². The normalized spacial score (nSPS) is 15.5. The SMILES string of the molecule is O=C(N[C@@H]1CCOc2ccccc21)c1ccc(Oc2ccccc2)cc1. The van der Waals surface area contributed by atoms with Crippen molar-refractivity contribution in [2.75, 3.05) is 6.61 Å². The molecule has 4 heteroatoms. The first kappa shape index (κ1) is 16.2. The van der Waals surface area contributed by atoms with Crippen LogP contribution < -0.4 is 14.8 Å². The molecule has 0 bridgehead atoms. The van der Waals surface area contributed by atoms with E-state index in [1.165, 1.54) is 0 Å². The highest BCUT2D eigenvalue weighted by atomic mass is 16.5. The van der Waals surface area contributed by atoms with Crippen molar-refractivity contribution in [1.29, 1.82) is 0 Å². The number of carbonyl (C=O) groups is 1. The van der Waals surface area contributed by atoms with Gasteiger partial charge in [0.25, 0.3) is 5.91 Å². The second-order valence-corrected chi connectivity index (χ2v) is 6.14. The standard InChI is InChI=1S/C22H19NO3/c24-22(23-20-14-15-25-21-9-5-4-8-19(20)21)16-10-12-18(13-11-16)26-17-6-2-1-3-7-17/h1-13,20H,14-15H2,(H,23,24)/t20-/m1/s1. The van der Waals surface area contributed by atoms with Gasteiger partial charge in [0.15, 0.2) is 0 Å². The zero-order chi connectivity index (χ0) is 17.8. The molecule has 1 atom stereocenters. The van der Waals surface area contributed by atoms with Crippen LogP contribution in [-0.4, -0.2) is 12.5 Å². The fraction of sp³-hybridized carbons (Fsp3) is 0.136.